The van der Waals surface area contributed by atoms with Crippen molar-refractivity contribution in [1.29, 1.82) is 0 Å². The third kappa shape index (κ3) is 5.97. The van der Waals surface area contributed by atoms with Gasteiger partial charge < -0.3 is 19.5 Å². The zero-order valence-corrected chi connectivity index (χ0v) is 19.7. The number of amides is 1. The number of methoxy groups -OCH3 is 1. The second-order valence-electron chi connectivity index (χ2n) is 7.76. The van der Waals surface area contributed by atoms with Gasteiger partial charge in [0.05, 0.1) is 24.5 Å². The van der Waals surface area contributed by atoms with Gasteiger partial charge in [-0.15, -0.1) is 0 Å². The molecule has 1 atom stereocenters. The molecule has 3 aromatic rings. The molecule has 10 heteroatoms. The second-order valence-corrected chi connectivity index (χ2v) is 9.52. The summed E-state index contributed by atoms with van der Waals surface area (Å²) in [5.41, 5.74) is 1.56. The van der Waals surface area contributed by atoms with E-state index in [2.05, 4.69) is 10.0 Å². The quantitative estimate of drug-likeness (QED) is 0.437. The molecule has 3 aromatic carbocycles. The van der Waals surface area contributed by atoms with Gasteiger partial charge in [-0.1, -0.05) is 42.5 Å². The highest BCUT2D eigenvalue weighted by Crippen LogP contribution is 2.32. The van der Waals surface area contributed by atoms with Gasteiger partial charge in [0, 0.05) is 12.1 Å². The average molecular weight is 497 g/mol. The normalized spacial score (nSPS) is 13.2. The van der Waals surface area contributed by atoms with Gasteiger partial charge in [-0.25, -0.2) is 13.1 Å². The molecule has 1 aliphatic heterocycles. The van der Waals surface area contributed by atoms with E-state index in [0.29, 0.717) is 17.1 Å². The van der Waals surface area contributed by atoms with Gasteiger partial charge in [0.15, 0.2) is 11.5 Å². The van der Waals surface area contributed by atoms with E-state index in [-0.39, 0.29) is 30.2 Å². The van der Waals surface area contributed by atoms with Crippen molar-refractivity contribution in [2.45, 2.75) is 23.9 Å². The zero-order chi connectivity index (χ0) is 24.8. The maximum atomic E-state index is 13.0. The lowest BCUT2D eigenvalue weighted by atomic mass is 10.0. The van der Waals surface area contributed by atoms with Crippen molar-refractivity contribution in [1.82, 2.24) is 10.0 Å². The van der Waals surface area contributed by atoms with Gasteiger partial charge in [0.1, 0.15) is 0 Å². The van der Waals surface area contributed by atoms with E-state index < -0.39 is 27.9 Å². The fraction of sp³-hybridized carbons (Fsp3) is 0.200. The average Bonchev–Trinajstić information content (AvgIpc) is 3.35. The Morgan fingerprint density at radius 3 is 2.51 bits per heavy atom. The van der Waals surface area contributed by atoms with Crippen LogP contribution < -0.4 is 19.5 Å². The molecular weight excluding hydrogens is 472 g/mol. The van der Waals surface area contributed by atoms with Crippen molar-refractivity contribution in [3.05, 3.63) is 89.5 Å². The molecule has 1 aliphatic rings. The molecule has 2 N–H and O–H groups in total. The van der Waals surface area contributed by atoms with Crippen molar-refractivity contribution in [2.75, 3.05) is 13.9 Å². The Labute approximate surface area is 203 Å². The second kappa shape index (κ2) is 10.6. The molecule has 1 unspecified atom stereocenters. The predicted molar refractivity (Wildman–Crippen MR) is 126 cm³/mol. The zero-order valence-electron chi connectivity index (χ0n) is 18.9. The molecule has 1 amide bonds. The van der Waals surface area contributed by atoms with E-state index in [4.69, 9.17) is 14.2 Å². The van der Waals surface area contributed by atoms with Crippen molar-refractivity contribution >= 4 is 21.9 Å². The van der Waals surface area contributed by atoms with E-state index in [1.807, 2.05) is 6.07 Å². The van der Waals surface area contributed by atoms with Crippen molar-refractivity contribution in [3.63, 3.8) is 0 Å². The molecule has 0 fully saturated rings. The maximum absolute atomic E-state index is 13.0. The highest BCUT2D eigenvalue weighted by Gasteiger charge is 2.22. The first kappa shape index (κ1) is 24.2. The number of carbonyl (C=O) groups is 2. The minimum absolute atomic E-state index is 0.0323. The minimum atomic E-state index is -3.91. The van der Waals surface area contributed by atoms with Gasteiger partial charge in [-0.3, -0.25) is 9.59 Å². The van der Waals surface area contributed by atoms with Gasteiger partial charge in [-0.2, -0.15) is 0 Å². The third-order valence-electron chi connectivity index (χ3n) is 5.42. The molecule has 9 nitrogen and oxygen atoms in total. The molecule has 0 bridgehead atoms. The Morgan fingerprint density at radius 2 is 1.74 bits per heavy atom. The molecule has 0 spiro atoms. The number of nitrogens with one attached hydrogen (secondary N) is 2. The number of hydrogen-bond donors (Lipinski definition) is 2. The van der Waals surface area contributed by atoms with Gasteiger partial charge in [0.2, 0.25) is 16.8 Å². The summed E-state index contributed by atoms with van der Waals surface area (Å²) in [6.45, 7) is 0.161. The molecule has 182 valence electrons. The molecule has 0 saturated carbocycles. The van der Waals surface area contributed by atoms with E-state index in [1.54, 1.807) is 42.5 Å². The lowest BCUT2D eigenvalue weighted by Crippen LogP contribution is -2.31. The summed E-state index contributed by atoms with van der Waals surface area (Å²) in [6, 6.07) is 19.2. The van der Waals surface area contributed by atoms with Crippen LogP contribution in [0.15, 0.2) is 77.7 Å². The van der Waals surface area contributed by atoms with Crippen LogP contribution in [0.5, 0.6) is 11.5 Å². The van der Waals surface area contributed by atoms with Crippen LogP contribution in [0.3, 0.4) is 0 Å². The van der Waals surface area contributed by atoms with Crippen molar-refractivity contribution in [2.24, 2.45) is 0 Å². The summed E-state index contributed by atoms with van der Waals surface area (Å²) in [5, 5.41) is 2.79. The Kier molecular flexibility index (Phi) is 7.33. The molecular formula is C25H24N2O7S. The number of benzene rings is 3. The fourth-order valence-corrected chi connectivity index (χ4v) is 4.61. The van der Waals surface area contributed by atoms with Crippen LogP contribution in [0.2, 0.25) is 0 Å². The lowest BCUT2D eigenvalue weighted by Gasteiger charge is -2.18. The van der Waals surface area contributed by atoms with E-state index in [9.17, 15) is 18.0 Å². The first-order valence-electron chi connectivity index (χ1n) is 10.8. The SMILES string of the molecule is COC(=O)CC(NC(=O)c1cccc(S(=O)(=O)NCc2ccc3c(c2)OCO3)c1)c1ccccc1. The smallest absolute Gasteiger partial charge is 0.307 e. The summed E-state index contributed by atoms with van der Waals surface area (Å²) < 4.78 is 43.6. The highest BCUT2D eigenvalue weighted by atomic mass is 32.2. The Balaban J connectivity index is 1.47. The molecule has 0 saturated heterocycles. The standard InChI is InChI=1S/C25H24N2O7S/c1-32-24(28)14-21(18-6-3-2-4-7-18)27-25(29)19-8-5-9-20(13-19)35(30,31)26-15-17-10-11-22-23(12-17)34-16-33-22/h2-13,21,26H,14-16H2,1H3,(H,27,29). The number of sulfonamides is 1. The first-order valence-corrected chi connectivity index (χ1v) is 12.2. The van der Waals surface area contributed by atoms with Crippen LogP contribution >= 0.6 is 0 Å². The number of carbonyl (C=O) groups excluding carboxylic acids is 2. The molecule has 1 heterocycles. The van der Waals surface area contributed by atoms with E-state index in [1.165, 1.54) is 31.4 Å². The Bertz CT molecular complexity index is 1330. The molecule has 0 aliphatic carbocycles. The molecule has 0 radical (unpaired) electrons. The van der Waals surface area contributed by atoms with Crippen LogP contribution in [0.1, 0.15) is 33.9 Å². The van der Waals surface area contributed by atoms with Gasteiger partial charge >= 0.3 is 5.97 Å². The molecule has 4 rings (SSSR count). The summed E-state index contributed by atoms with van der Waals surface area (Å²) >= 11 is 0. The Hall–Kier alpha value is -3.89. The number of ether oxygens (including phenoxy) is 3. The summed E-state index contributed by atoms with van der Waals surface area (Å²) in [6.07, 6.45) is -0.0681. The maximum Gasteiger partial charge on any atom is 0.307 e. The molecule has 35 heavy (non-hydrogen) atoms. The van der Waals surface area contributed by atoms with Crippen LogP contribution in [0.25, 0.3) is 0 Å². The summed E-state index contributed by atoms with van der Waals surface area (Å²) in [5.74, 6) is 0.162. The number of hydrogen-bond acceptors (Lipinski definition) is 7. The number of rotatable bonds is 9. The Morgan fingerprint density at radius 1 is 0.971 bits per heavy atom. The van der Waals surface area contributed by atoms with Gasteiger partial charge in [0.25, 0.3) is 5.91 Å². The fourth-order valence-electron chi connectivity index (χ4n) is 3.55. The van der Waals surface area contributed by atoms with Crippen LogP contribution in [0, 0.1) is 0 Å². The van der Waals surface area contributed by atoms with E-state index >= 15 is 0 Å². The van der Waals surface area contributed by atoms with Crippen LogP contribution in [-0.2, 0) is 26.1 Å². The number of fused-ring (bicyclic) bond motifs is 1. The molecule has 0 aromatic heterocycles. The van der Waals surface area contributed by atoms with Crippen molar-refractivity contribution < 1.29 is 32.2 Å². The predicted octanol–water partition coefficient (Wildman–Crippen LogP) is 2.93. The minimum Gasteiger partial charge on any atom is -0.469 e. The largest absolute Gasteiger partial charge is 0.469 e. The van der Waals surface area contributed by atoms with Crippen molar-refractivity contribution in [3.8, 4) is 11.5 Å². The topological polar surface area (TPSA) is 120 Å². The first-order chi connectivity index (χ1) is 16.9. The number of esters is 1. The third-order valence-corrected chi connectivity index (χ3v) is 6.81. The monoisotopic (exact) mass is 496 g/mol. The van der Waals surface area contributed by atoms with Crippen LogP contribution in [-0.4, -0.2) is 34.2 Å². The summed E-state index contributed by atoms with van der Waals surface area (Å²) in [4.78, 5) is 24.8. The highest BCUT2D eigenvalue weighted by molar-refractivity contribution is 7.89. The van der Waals surface area contributed by atoms with Crippen LogP contribution in [0.4, 0.5) is 0 Å². The van der Waals surface area contributed by atoms with E-state index in [0.717, 1.165) is 5.56 Å². The lowest BCUT2D eigenvalue weighted by molar-refractivity contribution is -0.141. The van der Waals surface area contributed by atoms with Gasteiger partial charge in [-0.05, 0) is 41.5 Å². The summed E-state index contributed by atoms with van der Waals surface area (Å²) in [7, 11) is -2.63.